The van der Waals surface area contributed by atoms with Gasteiger partial charge >= 0.3 is 0 Å². The maximum Gasteiger partial charge on any atom is 0.257 e. The van der Waals surface area contributed by atoms with E-state index in [1.807, 2.05) is 0 Å². The molecule has 2 rings (SSSR count). The zero-order chi connectivity index (χ0) is 12.4. The molecule has 0 aliphatic carbocycles. The van der Waals surface area contributed by atoms with Crippen LogP contribution in [0.15, 0.2) is 18.2 Å². The number of carbonyl (C=O) groups excluding carboxylic acids is 1. The molecule has 0 bridgehead atoms. The fraction of sp³-hybridized carbons (Fsp3) is 0.417. The molecule has 1 fully saturated rings. The van der Waals surface area contributed by atoms with Gasteiger partial charge in [-0.05, 0) is 25.0 Å². The number of rotatable bonds is 1. The van der Waals surface area contributed by atoms with Crippen molar-refractivity contribution in [3.63, 3.8) is 0 Å². The third-order valence-corrected chi connectivity index (χ3v) is 2.94. The number of aromatic hydroxyl groups is 1. The standard InChI is InChI=1S/C12H15FN2O2/c13-8-3-4-10(11(16)6-8)12(17)15-5-1-2-9(14)7-15/h3-4,6,9,16H,1-2,5,7,14H2/t9-/m1/s1. The Morgan fingerprint density at radius 3 is 2.94 bits per heavy atom. The van der Waals surface area contributed by atoms with Gasteiger partial charge in [0.25, 0.3) is 5.91 Å². The number of hydrogen-bond donors (Lipinski definition) is 2. The van der Waals surface area contributed by atoms with E-state index < -0.39 is 5.82 Å². The molecule has 92 valence electrons. The number of phenols is 1. The summed E-state index contributed by atoms with van der Waals surface area (Å²) in [5.41, 5.74) is 5.91. The summed E-state index contributed by atoms with van der Waals surface area (Å²) in [5, 5.41) is 9.54. The van der Waals surface area contributed by atoms with Crippen molar-refractivity contribution in [2.75, 3.05) is 13.1 Å². The smallest absolute Gasteiger partial charge is 0.257 e. The Hall–Kier alpha value is -1.62. The van der Waals surface area contributed by atoms with Gasteiger partial charge in [-0.25, -0.2) is 4.39 Å². The molecular formula is C12H15FN2O2. The minimum Gasteiger partial charge on any atom is -0.507 e. The zero-order valence-corrected chi connectivity index (χ0v) is 9.40. The van der Waals surface area contributed by atoms with Crippen molar-refractivity contribution in [1.29, 1.82) is 0 Å². The van der Waals surface area contributed by atoms with Crippen LogP contribution in [-0.4, -0.2) is 35.0 Å². The predicted molar refractivity (Wildman–Crippen MR) is 61.2 cm³/mol. The Labute approximate surface area is 98.8 Å². The third-order valence-electron chi connectivity index (χ3n) is 2.94. The lowest BCUT2D eigenvalue weighted by Crippen LogP contribution is -2.45. The van der Waals surface area contributed by atoms with Crippen molar-refractivity contribution in [2.24, 2.45) is 5.73 Å². The first-order valence-corrected chi connectivity index (χ1v) is 5.61. The minimum atomic E-state index is -0.561. The Morgan fingerprint density at radius 2 is 2.29 bits per heavy atom. The molecule has 1 aliphatic rings. The van der Waals surface area contributed by atoms with E-state index in [2.05, 4.69) is 0 Å². The van der Waals surface area contributed by atoms with Crippen molar-refractivity contribution >= 4 is 5.91 Å². The summed E-state index contributed by atoms with van der Waals surface area (Å²) in [5.74, 6) is -1.18. The summed E-state index contributed by atoms with van der Waals surface area (Å²) in [6, 6.07) is 3.39. The molecule has 4 nitrogen and oxygen atoms in total. The van der Waals surface area contributed by atoms with Crippen LogP contribution in [0.4, 0.5) is 4.39 Å². The number of piperidine rings is 1. The molecule has 1 atom stereocenters. The lowest BCUT2D eigenvalue weighted by Gasteiger charge is -2.30. The number of benzene rings is 1. The highest BCUT2D eigenvalue weighted by atomic mass is 19.1. The molecule has 1 amide bonds. The van der Waals surface area contributed by atoms with Crippen molar-refractivity contribution < 1.29 is 14.3 Å². The SMILES string of the molecule is N[C@@H]1CCCN(C(=O)c2ccc(F)cc2O)C1. The fourth-order valence-electron chi connectivity index (χ4n) is 2.05. The van der Waals surface area contributed by atoms with E-state index in [0.29, 0.717) is 13.1 Å². The van der Waals surface area contributed by atoms with Crippen LogP contribution in [0.25, 0.3) is 0 Å². The molecule has 0 aromatic heterocycles. The van der Waals surface area contributed by atoms with Gasteiger partial charge in [-0.3, -0.25) is 4.79 Å². The Kier molecular flexibility index (Phi) is 3.28. The molecule has 0 unspecified atom stereocenters. The van der Waals surface area contributed by atoms with Crippen molar-refractivity contribution in [2.45, 2.75) is 18.9 Å². The maximum atomic E-state index is 12.8. The molecular weight excluding hydrogens is 223 g/mol. The fourth-order valence-corrected chi connectivity index (χ4v) is 2.05. The van der Waals surface area contributed by atoms with Crippen LogP contribution >= 0.6 is 0 Å². The topological polar surface area (TPSA) is 66.6 Å². The van der Waals surface area contributed by atoms with Gasteiger partial charge in [0, 0.05) is 25.2 Å². The van der Waals surface area contributed by atoms with E-state index in [9.17, 15) is 14.3 Å². The average molecular weight is 238 g/mol. The number of hydrogen-bond acceptors (Lipinski definition) is 3. The summed E-state index contributed by atoms with van der Waals surface area (Å²) in [6.45, 7) is 1.11. The van der Waals surface area contributed by atoms with E-state index in [1.54, 1.807) is 4.90 Å². The number of nitrogens with two attached hydrogens (primary N) is 1. The second-order valence-electron chi connectivity index (χ2n) is 4.31. The van der Waals surface area contributed by atoms with Gasteiger partial charge in [0.15, 0.2) is 0 Å². The molecule has 1 heterocycles. The normalized spacial score (nSPS) is 20.4. The number of nitrogens with zero attached hydrogens (tertiary/aromatic N) is 1. The first-order valence-electron chi connectivity index (χ1n) is 5.61. The Morgan fingerprint density at radius 1 is 1.53 bits per heavy atom. The highest BCUT2D eigenvalue weighted by Crippen LogP contribution is 2.21. The van der Waals surface area contributed by atoms with Gasteiger partial charge in [-0.2, -0.15) is 0 Å². The molecule has 0 saturated carbocycles. The third kappa shape index (κ3) is 2.55. The largest absolute Gasteiger partial charge is 0.507 e. The molecule has 0 spiro atoms. The molecule has 3 N–H and O–H groups in total. The molecule has 17 heavy (non-hydrogen) atoms. The quantitative estimate of drug-likeness (QED) is 0.769. The minimum absolute atomic E-state index is 0.0182. The highest BCUT2D eigenvalue weighted by molar-refractivity contribution is 5.96. The van der Waals surface area contributed by atoms with Crippen LogP contribution in [0, 0.1) is 5.82 Å². The summed E-state index contributed by atoms with van der Waals surface area (Å²) in [4.78, 5) is 13.7. The molecule has 1 saturated heterocycles. The number of likely N-dealkylation sites (tertiary alicyclic amines) is 1. The van der Waals surface area contributed by atoms with Crippen molar-refractivity contribution in [1.82, 2.24) is 4.90 Å². The van der Waals surface area contributed by atoms with E-state index in [-0.39, 0.29) is 23.3 Å². The van der Waals surface area contributed by atoms with Crippen LogP contribution in [0.3, 0.4) is 0 Å². The van der Waals surface area contributed by atoms with E-state index in [0.717, 1.165) is 25.0 Å². The number of amides is 1. The molecule has 1 aliphatic heterocycles. The van der Waals surface area contributed by atoms with Crippen LogP contribution in [0.2, 0.25) is 0 Å². The summed E-state index contributed by atoms with van der Waals surface area (Å²) in [6.07, 6.45) is 1.76. The van der Waals surface area contributed by atoms with Crippen molar-refractivity contribution in [3.05, 3.63) is 29.6 Å². The lowest BCUT2D eigenvalue weighted by molar-refractivity contribution is 0.0705. The lowest BCUT2D eigenvalue weighted by atomic mass is 10.0. The van der Waals surface area contributed by atoms with Gasteiger partial charge in [-0.1, -0.05) is 0 Å². The zero-order valence-electron chi connectivity index (χ0n) is 9.40. The van der Waals surface area contributed by atoms with E-state index >= 15 is 0 Å². The Bertz CT molecular complexity index is 437. The van der Waals surface area contributed by atoms with Crippen molar-refractivity contribution in [3.8, 4) is 5.75 Å². The number of halogens is 1. The molecule has 0 radical (unpaired) electrons. The van der Waals surface area contributed by atoms with Gasteiger partial charge in [-0.15, -0.1) is 0 Å². The summed E-state index contributed by atoms with van der Waals surface area (Å²) < 4.78 is 12.8. The monoisotopic (exact) mass is 238 g/mol. The van der Waals surface area contributed by atoms with Gasteiger partial charge in [0.2, 0.25) is 0 Å². The predicted octanol–water partition coefficient (Wildman–Crippen LogP) is 1.09. The molecule has 1 aromatic carbocycles. The highest BCUT2D eigenvalue weighted by Gasteiger charge is 2.24. The molecule has 5 heteroatoms. The van der Waals surface area contributed by atoms with Gasteiger partial charge in [0.1, 0.15) is 11.6 Å². The second kappa shape index (κ2) is 4.71. The Balaban J connectivity index is 2.18. The number of phenolic OH excluding ortho intramolecular Hbond substituents is 1. The van der Waals surface area contributed by atoms with Crippen LogP contribution in [0.5, 0.6) is 5.75 Å². The average Bonchev–Trinajstić information content (AvgIpc) is 2.28. The van der Waals surface area contributed by atoms with Gasteiger partial charge in [0.05, 0.1) is 5.56 Å². The molecule has 1 aromatic rings. The maximum absolute atomic E-state index is 12.8. The van der Waals surface area contributed by atoms with E-state index in [1.165, 1.54) is 6.07 Å². The van der Waals surface area contributed by atoms with Crippen LogP contribution in [-0.2, 0) is 0 Å². The number of carbonyl (C=O) groups is 1. The summed E-state index contributed by atoms with van der Waals surface area (Å²) >= 11 is 0. The first-order chi connectivity index (χ1) is 8.08. The van der Waals surface area contributed by atoms with Gasteiger partial charge < -0.3 is 15.7 Å². The van der Waals surface area contributed by atoms with E-state index in [4.69, 9.17) is 5.73 Å². The first kappa shape index (κ1) is 11.9. The second-order valence-corrected chi connectivity index (χ2v) is 4.31. The van der Waals surface area contributed by atoms with Crippen LogP contribution in [0.1, 0.15) is 23.2 Å². The van der Waals surface area contributed by atoms with Crippen LogP contribution < -0.4 is 5.73 Å². The summed E-state index contributed by atoms with van der Waals surface area (Å²) in [7, 11) is 0.